The maximum Gasteiger partial charge on any atom is 0.213 e. The highest BCUT2D eigenvalue weighted by atomic mass is 79.9. The van der Waals surface area contributed by atoms with Crippen LogP contribution in [-0.2, 0) is 0 Å². The predicted molar refractivity (Wildman–Crippen MR) is 38.5 cm³/mol. The van der Waals surface area contributed by atoms with E-state index in [1.165, 1.54) is 0 Å². The lowest BCUT2D eigenvalue weighted by atomic mass is 10.5. The molecule has 1 rings (SSSR count). The van der Waals surface area contributed by atoms with Gasteiger partial charge in [-0.1, -0.05) is 6.07 Å². The highest BCUT2D eigenvalue weighted by Crippen LogP contribution is 2.10. The summed E-state index contributed by atoms with van der Waals surface area (Å²) in [7, 11) is -1.32. The Morgan fingerprint density at radius 3 is 3.33 bits per heavy atom. The molecule has 0 radical (unpaired) electrons. The fourth-order valence-corrected chi connectivity index (χ4v) is 0.783. The minimum atomic E-state index is -1.32. The zero-order valence-electron chi connectivity index (χ0n) is 6.54. The number of rotatable bonds is 1. The van der Waals surface area contributed by atoms with Gasteiger partial charge in [0.25, 0.3) is 0 Å². The number of halogens is 1. The van der Waals surface area contributed by atoms with Gasteiger partial charge in [-0.05, 0) is 22.0 Å². The van der Waals surface area contributed by atoms with E-state index in [0.717, 1.165) is 0 Å². The van der Waals surface area contributed by atoms with Crippen LogP contribution >= 0.6 is 15.9 Å². The van der Waals surface area contributed by atoms with Gasteiger partial charge < -0.3 is 4.74 Å². The first kappa shape index (κ1) is 4.28. The van der Waals surface area contributed by atoms with E-state index in [4.69, 9.17) is 2.74 Å². The lowest BCUT2D eigenvalue weighted by Crippen LogP contribution is -1.85. The Hall–Kier alpha value is -0.570. The largest absolute Gasteiger partial charge is 0.481 e. The molecule has 1 aromatic heterocycles. The van der Waals surface area contributed by atoms with E-state index in [-0.39, 0.29) is 5.88 Å². The molecule has 48 valence electrons. The molecule has 0 spiro atoms. The van der Waals surface area contributed by atoms with Crippen molar-refractivity contribution in [3.05, 3.63) is 22.8 Å². The first-order valence-electron chi connectivity index (χ1n) is 3.47. The Labute approximate surface area is 64.8 Å². The topological polar surface area (TPSA) is 22.1 Å². The van der Waals surface area contributed by atoms with Crippen molar-refractivity contribution in [1.82, 2.24) is 4.98 Å². The fourth-order valence-electron chi connectivity index (χ4n) is 0.455. The Bertz CT molecular complexity index is 244. The number of hydrogen-bond acceptors (Lipinski definition) is 2. The van der Waals surface area contributed by atoms with Gasteiger partial charge in [-0.3, -0.25) is 0 Å². The average molecular weight is 190 g/mol. The molecule has 2 nitrogen and oxygen atoms in total. The molecular formula is C6H6BrNO. The van der Waals surface area contributed by atoms with Crippen LogP contribution in [0.2, 0.25) is 0 Å². The Morgan fingerprint density at radius 2 is 2.67 bits per heavy atom. The van der Waals surface area contributed by atoms with Crippen molar-refractivity contribution in [2.75, 3.05) is 7.06 Å². The summed E-state index contributed by atoms with van der Waals surface area (Å²) in [5.41, 5.74) is 0. The number of pyridine rings is 1. The number of hydrogen-bond donors (Lipinski definition) is 0. The van der Waals surface area contributed by atoms with Gasteiger partial charge in [0.05, 0.1) is 9.80 Å². The number of methoxy groups -OCH3 is 1. The molecular weight excluding hydrogens is 182 g/mol. The zero-order valence-corrected chi connectivity index (χ0v) is 6.13. The van der Waals surface area contributed by atoms with Crippen molar-refractivity contribution in [2.45, 2.75) is 0 Å². The molecule has 0 aliphatic carbocycles. The summed E-state index contributed by atoms with van der Waals surface area (Å²) in [4.78, 5) is 3.87. The van der Waals surface area contributed by atoms with Crippen LogP contribution in [0.5, 0.6) is 5.88 Å². The summed E-state index contributed by atoms with van der Waals surface area (Å²) < 4.78 is 18.9. The monoisotopic (exact) mass is 189 g/mol. The van der Waals surface area contributed by atoms with Crippen LogP contribution in [0.3, 0.4) is 0 Å². The number of aromatic nitrogens is 1. The van der Waals surface area contributed by atoms with Crippen LogP contribution in [0, 0.1) is 0 Å². The van der Waals surface area contributed by atoms with Gasteiger partial charge in [0.15, 0.2) is 0 Å². The molecule has 9 heavy (non-hydrogen) atoms. The van der Waals surface area contributed by atoms with Crippen LogP contribution in [-0.4, -0.2) is 12.0 Å². The van der Waals surface area contributed by atoms with E-state index in [2.05, 4.69) is 25.7 Å². The lowest BCUT2D eigenvalue weighted by molar-refractivity contribution is 0.397. The molecule has 0 fully saturated rings. The van der Waals surface area contributed by atoms with Gasteiger partial charge in [0.2, 0.25) is 5.88 Å². The second-order valence-corrected chi connectivity index (χ2v) is 2.23. The zero-order chi connectivity index (χ0) is 8.27. The summed E-state index contributed by atoms with van der Waals surface area (Å²) in [5.74, 6) is 0.286. The highest BCUT2D eigenvalue weighted by Gasteiger charge is 1.89. The molecule has 1 heterocycles. The minimum absolute atomic E-state index is 0.286. The predicted octanol–water partition coefficient (Wildman–Crippen LogP) is 1.85. The van der Waals surface area contributed by atoms with E-state index in [9.17, 15) is 0 Å². The van der Waals surface area contributed by atoms with E-state index >= 15 is 0 Å². The Morgan fingerprint density at radius 1 is 1.78 bits per heavy atom. The van der Waals surface area contributed by atoms with Gasteiger partial charge in [-0.15, -0.1) is 0 Å². The fraction of sp³-hybridized carbons (Fsp3) is 0.167. The molecule has 0 aromatic carbocycles. The third-order valence-electron chi connectivity index (χ3n) is 0.810. The molecule has 0 bridgehead atoms. The van der Waals surface area contributed by atoms with Crippen LogP contribution in [0.25, 0.3) is 0 Å². The van der Waals surface area contributed by atoms with Crippen LogP contribution < -0.4 is 4.74 Å². The van der Waals surface area contributed by atoms with Gasteiger partial charge >= 0.3 is 0 Å². The number of nitrogens with zero attached hydrogens (tertiary/aromatic N) is 1. The van der Waals surface area contributed by atoms with E-state index in [1.807, 2.05) is 0 Å². The molecule has 0 aliphatic rings. The van der Waals surface area contributed by atoms with Gasteiger partial charge in [-0.25, -0.2) is 4.98 Å². The molecule has 1 aromatic rings. The van der Waals surface area contributed by atoms with Crippen molar-refractivity contribution < 1.29 is 7.48 Å². The molecule has 0 saturated carbocycles. The van der Waals surface area contributed by atoms with Crippen molar-refractivity contribution in [2.24, 2.45) is 0 Å². The van der Waals surface area contributed by atoms with Crippen molar-refractivity contribution in [3.63, 3.8) is 0 Å². The third-order valence-corrected chi connectivity index (χ3v) is 1.25. The lowest BCUT2D eigenvalue weighted by Gasteiger charge is -1.95. The summed E-state index contributed by atoms with van der Waals surface area (Å²) in [6.07, 6.45) is 0. The van der Waals surface area contributed by atoms with Gasteiger partial charge in [0, 0.05) is 6.07 Å². The molecule has 0 amide bonds. The van der Waals surface area contributed by atoms with Gasteiger partial charge in [0.1, 0.15) is 4.60 Å². The standard InChI is InChI=1S/C6H6BrNO/c1-9-6-4-2-3-5(7)8-6/h2-4H,1H3/i1D2. The highest BCUT2D eigenvalue weighted by molar-refractivity contribution is 9.10. The Kier molecular flexibility index (Phi) is 1.34. The van der Waals surface area contributed by atoms with Crippen LogP contribution in [0.15, 0.2) is 22.8 Å². The minimum Gasteiger partial charge on any atom is -0.481 e. The summed E-state index contributed by atoms with van der Waals surface area (Å²) in [6.45, 7) is 0. The first-order valence-corrected chi connectivity index (χ1v) is 3.11. The first-order chi connectivity index (χ1) is 5.18. The maximum atomic E-state index is 6.77. The smallest absolute Gasteiger partial charge is 0.213 e. The van der Waals surface area contributed by atoms with Crippen LogP contribution in [0.1, 0.15) is 2.74 Å². The van der Waals surface area contributed by atoms with Crippen LogP contribution in [0.4, 0.5) is 0 Å². The molecule has 0 atom stereocenters. The maximum absolute atomic E-state index is 6.77. The molecule has 3 heteroatoms. The third kappa shape index (κ3) is 1.68. The van der Waals surface area contributed by atoms with Crippen molar-refractivity contribution in [3.8, 4) is 5.88 Å². The number of ether oxygens (including phenoxy) is 1. The Balaban J connectivity index is 2.71. The van der Waals surface area contributed by atoms with Gasteiger partial charge in [-0.2, -0.15) is 0 Å². The van der Waals surface area contributed by atoms with Crippen molar-refractivity contribution in [1.29, 1.82) is 0 Å². The summed E-state index contributed by atoms with van der Waals surface area (Å²) in [6, 6.07) is 5.07. The van der Waals surface area contributed by atoms with E-state index in [0.29, 0.717) is 4.60 Å². The molecule has 0 unspecified atom stereocenters. The van der Waals surface area contributed by atoms with E-state index < -0.39 is 7.06 Å². The summed E-state index contributed by atoms with van der Waals surface area (Å²) in [5, 5.41) is 0. The quantitative estimate of drug-likeness (QED) is 0.630. The normalized spacial score (nSPS) is 12.7. The van der Waals surface area contributed by atoms with Crippen molar-refractivity contribution >= 4 is 15.9 Å². The van der Waals surface area contributed by atoms with E-state index in [1.54, 1.807) is 18.2 Å². The second-order valence-electron chi connectivity index (χ2n) is 1.42. The molecule has 0 saturated heterocycles. The molecule has 0 N–H and O–H groups in total. The average Bonchev–Trinajstić information content (AvgIpc) is 1.85. The molecule has 0 aliphatic heterocycles. The SMILES string of the molecule is [2H]C([2H])Oc1cccc(Br)n1. The summed E-state index contributed by atoms with van der Waals surface area (Å²) >= 11 is 3.14. The second kappa shape index (κ2) is 2.82.